The number of aryl methyl sites for hydroxylation is 1. The first kappa shape index (κ1) is 19.2. The molecular formula is C23H21NO4. The van der Waals surface area contributed by atoms with Crippen molar-refractivity contribution < 1.29 is 19.5 Å². The maximum Gasteiger partial charge on any atom is 0.344 e. The van der Waals surface area contributed by atoms with Crippen LogP contribution in [-0.2, 0) is 16.2 Å². The Morgan fingerprint density at radius 2 is 1.75 bits per heavy atom. The van der Waals surface area contributed by atoms with E-state index in [1.807, 2.05) is 48.5 Å². The molecule has 5 heteroatoms. The number of hydrogen-bond acceptors (Lipinski definition) is 4. The Labute approximate surface area is 163 Å². The fourth-order valence-corrected chi connectivity index (χ4v) is 2.58. The molecule has 28 heavy (non-hydrogen) atoms. The Morgan fingerprint density at radius 1 is 1.00 bits per heavy atom. The van der Waals surface area contributed by atoms with Crippen LogP contribution in [0.1, 0.15) is 16.7 Å². The lowest BCUT2D eigenvalue weighted by atomic mass is 10.0. The smallest absolute Gasteiger partial charge is 0.344 e. The van der Waals surface area contributed by atoms with Crippen molar-refractivity contribution in [1.82, 2.24) is 0 Å². The molecule has 0 fully saturated rings. The Bertz CT molecular complexity index is 947. The molecule has 0 radical (unpaired) electrons. The Kier molecular flexibility index (Phi) is 6.41. The summed E-state index contributed by atoms with van der Waals surface area (Å²) in [7, 11) is 0. The number of carboxylic acid groups (broad SMARTS) is 1. The predicted molar refractivity (Wildman–Crippen MR) is 109 cm³/mol. The number of aliphatic carboxylic acids is 1. The summed E-state index contributed by atoms with van der Waals surface area (Å²) < 4.78 is 5.85. The van der Waals surface area contributed by atoms with E-state index in [9.17, 15) is 4.79 Å². The van der Waals surface area contributed by atoms with Crippen molar-refractivity contribution in [1.29, 1.82) is 0 Å². The highest BCUT2D eigenvalue weighted by Gasteiger charge is 2.01. The van der Waals surface area contributed by atoms with Gasteiger partial charge in [-0.25, -0.2) is 4.79 Å². The lowest BCUT2D eigenvalue weighted by Crippen LogP contribution is -2.03. The van der Waals surface area contributed by atoms with E-state index in [4.69, 9.17) is 9.84 Å². The highest BCUT2D eigenvalue weighted by molar-refractivity contribution is 5.82. The van der Waals surface area contributed by atoms with Crippen LogP contribution in [0, 0.1) is 6.92 Å². The molecule has 0 heterocycles. The molecule has 0 spiro atoms. The van der Waals surface area contributed by atoms with Crippen LogP contribution in [0.3, 0.4) is 0 Å². The van der Waals surface area contributed by atoms with Gasteiger partial charge in [0.15, 0.2) is 0 Å². The zero-order valence-corrected chi connectivity index (χ0v) is 15.5. The number of hydrogen-bond donors (Lipinski definition) is 1. The first-order chi connectivity index (χ1) is 13.6. The fourth-order valence-electron chi connectivity index (χ4n) is 2.58. The molecule has 0 aromatic heterocycles. The third kappa shape index (κ3) is 5.71. The number of carbonyl (C=O) groups is 1. The van der Waals surface area contributed by atoms with E-state index in [1.165, 1.54) is 11.8 Å². The standard InChI is InChI=1S/C23H21NO4/c1-17-5-7-18(8-6-17)15-27-22-11-9-20(10-12-22)21-4-2-3-19(13-21)14-24-28-16-23(25)26/h2-14H,15-16H2,1H3,(H,25,26). The highest BCUT2D eigenvalue weighted by Crippen LogP contribution is 2.23. The molecule has 0 aliphatic carbocycles. The van der Waals surface area contributed by atoms with E-state index in [1.54, 1.807) is 0 Å². The van der Waals surface area contributed by atoms with Gasteiger partial charge in [-0.1, -0.05) is 65.3 Å². The summed E-state index contributed by atoms with van der Waals surface area (Å²) in [6, 6.07) is 23.9. The van der Waals surface area contributed by atoms with Crippen molar-refractivity contribution in [3.8, 4) is 16.9 Å². The summed E-state index contributed by atoms with van der Waals surface area (Å²) in [6.07, 6.45) is 1.49. The first-order valence-corrected chi connectivity index (χ1v) is 8.86. The molecule has 0 saturated heterocycles. The summed E-state index contributed by atoms with van der Waals surface area (Å²) in [5.41, 5.74) is 5.25. The molecule has 3 aromatic rings. The Morgan fingerprint density at radius 3 is 2.46 bits per heavy atom. The van der Waals surface area contributed by atoms with Crippen LogP contribution in [0.15, 0.2) is 78.0 Å². The third-order valence-corrected chi connectivity index (χ3v) is 4.06. The summed E-state index contributed by atoms with van der Waals surface area (Å²) in [5, 5.41) is 12.2. The van der Waals surface area contributed by atoms with Crippen LogP contribution >= 0.6 is 0 Å². The number of carboxylic acids is 1. The molecule has 0 unspecified atom stereocenters. The Balaban J connectivity index is 1.62. The van der Waals surface area contributed by atoms with E-state index >= 15 is 0 Å². The van der Waals surface area contributed by atoms with Gasteiger partial charge in [0.1, 0.15) is 12.4 Å². The average molecular weight is 375 g/mol. The summed E-state index contributed by atoms with van der Waals surface area (Å²) in [4.78, 5) is 15.1. The van der Waals surface area contributed by atoms with Gasteiger partial charge in [-0.15, -0.1) is 0 Å². The quantitative estimate of drug-likeness (QED) is 0.459. The summed E-state index contributed by atoms with van der Waals surface area (Å²) in [6.45, 7) is 2.13. The van der Waals surface area contributed by atoms with Gasteiger partial charge >= 0.3 is 5.97 Å². The van der Waals surface area contributed by atoms with Crippen molar-refractivity contribution in [2.75, 3.05) is 6.61 Å². The van der Waals surface area contributed by atoms with Crippen molar-refractivity contribution >= 4 is 12.2 Å². The van der Waals surface area contributed by atoms with Gasteiger partial charge in [-0.2, -0.15) is 0 Å². The molecule has 0 aliphatic rings. The highest BCUT2D eigenvalue weighted by atomic mass is 16.6. The lowest BCUT2D eigenvalue weighted by Gasteiger charge is -2.08. The van der Waals surface area contributed by atoms with Crippen LogP contribution in [0.25, 0.3) is 11.1 Å². The second-order valence-electron chi connectivity index (χ2n) is 6.33. The summed E-state index contributed by atoms with van der Waals surface area (Å²) in [5.74, 6) is -0.250. The average Bonchev–Trinajstić information content (AvgIpc) is 2.71. The van der Waals surface area contributed by atoms with E-state index < -0.39 is 12.6 Å². The topological polar surface area (TPSA) is 68.1 Å². The van der Waals surface area contributed by atoms with Crippen LogP contribution in [-0.4, -0.2) is 23.9 Å². The maximum absolute atomic E-state index is 10.4. The van der Waals surface area contributed by atoms with Gasteiger partial charge in [-0.3, -0.25) is 0 Å². The number of rotatable bonds is 8. The van der Waals surface area contributed by atoms with E-state index in [2.05, 4.69) is 41.2 Å². The molecular weight excluding hydrogens is 354 g/mol. The van der Waals surface area contributed by atoms with Crippen molar-refractivity contribution in [3.05, 3.63) is 89.5 Å². The zero-order chi connectivity index (χ0) is 19.8. The number of benzene rings is 3. The van der Waals surface area contributed by atoms with Crippen molar-refractivity contribution in [3.63, 3.8) is 0 Å². The van der Waals surface area contributed by atoms with E-state index in [0.29, 0.717) is 6.61 Å². The summed E-state index contributed by atoms with van der Waals surface area (Å²) >= 11 is 0. The first-order valence-electron chi connectivity index (χ1n) is 8.86. The minimum Gasteiger partial charge on any atom is -0.489 e. The number of oxime groups is 1. The lowest BCUT2D eigenvalue weighted by molar-refractivity contribution is -0.142. The van der Waals surface area contributed by atoms with Gasteiger partial charge < -0.3 is 14.7 Å². The number of ether oxygens (including phenoxy) is 1. The van der Waals surface area contributed by atoms with Crippen LogP contribution in [0.2, 0.25) is 0 Å². The molecule has 0 amide bonds. The minimum atomic E-state index is -1.06. The molecule has 5 nitrogen and oxygen atoms in total. The van der Waals surface area contributed by atoms with Gasteiger partial charge in [0.2, 0.25) is 6.61 Å². The fraction of sp³-hybridized carbons (Fsp3) is 0.130. The largest absolute Gasteiger partial charge is 0.489 e. The molecule has 0 aliphatic heterocycles. The SMILES string of the molecule is Cc1ccc(COc2ccc(-c3cccc(C=NOCC(=O)O)c3)cc2)cc1. The van der Waals surface area contributed by atoms with E-state index in [-0.39, 0.29) is 0 Å². The van der Waals surface area contributed by atoms with Gasteiger partial charge in [0, 0.05) is 0 Å². The van der Waals surface area contributed by atoms with Crippen LogP contribution in [0.5, 0.6) is 5.75 Å². The molecule has 142 valence electrons. The van der Waals surface area contributed by atoms with Gasteiger partial charge in [0.25, 0.3) is 0 Å². The molecule has 3 aromatic carbocycles. The number of nitrogens with zero attached hydrogens (tertiary/aromatic N) is 1. The van der Waals surface area contributed by atoms with E-state index in [0.717, 1.165) is 28.0 Å². The van der Waals surface area contributed by atoms with Gasteiger partial charge in [-0.05, 0) is 47.4 Å². The molecule has 0 bridgehead atoms. The van der Waals surface area contributed by atoms with Gasteiger partial charge in [0.05, 0.1) is 6.21 Å². The molecule has 3 rings (SSSR count). The van der Waals surface area contributed by atoms with Crippen LogP contribution < -0.4 is 4.74 Å². The molecule has 0 atom stereocenters. The Hall–Kier alpha value is -3.60. The minimum absolute atomic E-state index is 0.458. The van der Waals surface area contributed by atoms with Crippen molar-refractivity contribution in [2.45, 2.75) is 13.5 Å². The second-order valence-corrected chi connectivity index (χ2v) is 6.33. The maximum atomic E-state index is 10.4. The predicted octanol–water partition coefficient (Wildman–Crippen LogP) is 4.68. The third-order valence-electron chi connectivity index (χ3n) is 4.06. The monoisotopic (exact) mass is 375 g/mol. The normalized spacial score (nSPS) is 10.8. The molecule has 0 saturated carbocycles. The second kappa shape index (κ2) is 9.37. The zero-order valence-electron chi connectivity index (χ0n) is 15.5. The van der Waals surface area contributed by atoms with Crippen molar-refractivity contribution in [2.24, 2.45) is 5.16 Å². The van der Waals surface area contributed by atoms with Crippen LogP contribution in [0.4, 0.5) is 0 Å². The molecule has 1 N–H and O–H groups in total.